The minimum Gasteiger partial charge on any atom is -0.352 e. The van der Waals surface area contributed by atoms with Gasteiger partial charge in [0.2, 0.25) is 5.91 Å². The fraction of sp³-hybridized carbons (Fsp3) is 0.538. The standard InChI is InChI=1S/C13H22BrN5O.HI/c1-15-13(16-7-12(20)17(2)3)19(5)9-11-6-10(14)8-18(11)4;/h6,8H,7,9H2,1-5H3,(H,15,16);1H. The van der Waals surface area contributed by atoms with E-state index in [-0.39, 0.29) is 36.4 Å². The summed E-state index contributed by atoms with van der Waals surface area (Å²) in [6.45, 7) is 0.943. The molecule has 1 aromatic heterocycles. The summed E-state index contributed by atoms with van der Waals surface area (Å²) >= 11 is 3.46. The highest BCUT2D eigenvalue weighted by Crippen LogP contribution is 2.14. The van der Waals surface area contributed by atoms with Gasteiger partial charge in [0.05, 0.1) is 13.1 Å². The highest BCUT2D eigenvalue weighted by Gasteiger charge is 2.11. The number of nitrogens with zero attached hydrogens (tertiary/aromatic N) is 4. The predicted molar refractivity (Wildman–Crippen MR) is 100 cm³/mol. The van der Waals surface area contributed by atoms with Gasteiger partial charge >= 0.3 is 0 Å². The van der Waals surface area contributed by atoms with Gasteiger partial charge in [-0.1, -0.05) is 0 Å². The van der Waals surface area contributed by atoms with E-state index in [1.165, 1.54) is 0 Å². The molecule has 0 saturated carbocycles. The molecule has 1 rings (SSSR count). The first-order valence-corrected chi connectivity index (χ1v) is 7.07. The Morgan fingerprint density at radius 2 is 2.05 bits per heavy atom. The largest absolute Gasteiger partial charge is 0.352 e. The number of nitrogens with one attached hydrogen (secondary N) is 1. The maximum Gasteiger partial charge on any atom is 0.241 e. The number of aryl methyl sites for hydroxylation is 1. The van der Waals surface area contributed by atoms with Crippen molar-refractivity contribution in [2.24, 2.45) is 12.0 Å². The zero-order chi connectivity index (χ0) is 15.3. The number of aromatic nitrogens is 1. The Balaban J connectivity index is 0.00000400. The van der Waals surface area contributed by atoms with Crippen LogP contribution < -0.4 is 5.32 Å². The zero-order valence-electron chi connectivity index (χ0n) is 13.1. The van der Waals surface area contributed by atoms with Crippen LogP contribution in [0.5, 0.6) is 0 Å². The maximum atomic E-state index is 11.6. The summed E-state index contributed by atoms with van der Waals surface area (Å²) < 4.78 is 3.10. The summed E-state index contributed by atoms with van der Waals surface area (Å²) in [5.41, 5.74) is 1.15. The Bertz CT molecular complexity index is 501. The van der Waals surface area contributed by atoms with Crippen LogP contribution in [-0.2, 0) is 18.4 Å². The lowest BCUT2D eigenvalue weighted by Crippen LogP contribution is -2.43. The van der Waals surface area contributed by atoms with Crippen LogP contribution in [0.15, 0.2) is 21.7 Å². The number of halogens is 2. The summed E-state index contributed by atoms with van der Waals surface area (Å²) in [4.78, 5) is 19.3. The summed E-state index contributed by atoms with van der Waals surface area (Å²) in [5.74, 6) is 0.707. The molecule has 0 aliphatic rings. The molecule has 0 aliphatic heterocycles. The van der Waals surface area contributed by atoms with Crippen LogP contribution in [0, 0.1) is 0 Å². The van der Waals surface area contributed by atoms with Gasteiger partial charge in [0.25, 0.3) is 0 Å². The normalized spacial score (nSPS) is 10.9. The Labute approximate surface area is 151 Å². The molecule has 0 bridgehead atoms. The van der Waals surface area contributed by atoms with Crippen LogP contribution in [0.25, 0.3) is 0 Å². The van der Waals surface area contributed by atoms with E-state index >= 15 is 0 Å². The number of guanidine groups is 1. The second-order valence-corrected chi connectivity index (χ2v) is 5.72. The summed E-state index contributed by atoms with van der Waals surface area (Å²) in [5, 5.41) is 3.06. The predicted octanol–water partition coefficient (Wildman–Crippen LogP) is 1.50. The Kier molecular flexibility index (Phi) is 8.95. The van der Waals surface area contributed by atoms with Crippen molar-refractivity contribution in [2.45, 2.75) is 6.54 Å². The second kappa shape index (κ2) is 9.29. The van der Waals surface area contributed by atoms with E-state index in [0.29, 0.717) is 12.5 Å². The number of hydrogen-bond acceptors (Lipinski definition) is 2. The van der Waals surface area contributed by atoms with Gasteiger partial charge in [-0.2, -0.15) is 0 Å². The molecule has 1 N–H and O–H groups in total. The van der Waals surface area contributed by atoms with Crippen molar-refractivity contribution in [1.82, 2.24) is 19.7 Å². The highest BCUT2D eigenvalue weighted by molar-refractivity contribution is 14.0. The molecule has 1 heterocycles. The van der Waals surface area contributed by atoms with Gasteiger partial charge in [-0.15, -0.1) is 24.0 Å². The van der Waals surface area contributed by atoms with Crippen LogP contribution in [0.1, 0.15) is 5.69 Å². The molecule has 120 valence electrons. The minimum absolute atomic E-state index is 0. The van der Waals surface area contributed by atoms with Crippen molar-refractivity contribution in [3.05, 3.63) is 22.4 Å². The molecule has 8 heteroatoms. The molecule has 0 aromatic carbocycles. The molecule has 0 aliphatic carbocycles. The van der Waals surface area contributed by atoms with Crippen LogP contribution in [-0.4, -0.2) is 61.0 Å². The molecular weight excluding hydrogens is 449 g/mol. The molecule has 0 spiro atoms. The van der Waals surface area contributed by atoms with Gasteiger partial charge in [-0.05, 0) is 22.0 Å². The number of hydrogen-bond donors (Lipinski definition) is 1. The maximum absolute atomic E-state index is 11.6. The SMILES string of the molecule is CN=C(NCC(=O)N(C)C)N(C)Cc1cc(Br)cn1C.I. The average molecular weight is 472 g/mol. The van der Waals surface area contributed by atoms with Crippen molar-refractivity contribution in [1.29, 1.82) is 0 Å². The zero-order valence-corrected chi connectivity index (χ0v) is 17.0. The van der Waals surface area contributed by atoms with Gasteiger partial charge < -0.3 is 19.7 Å². The van der Waals surface area contributed by atoms with E-state index in [4.69, 9.17) is 0 Å². The molecule has 0 fully saturated rings. The number of carbonyl (C=O) groups excluding carboxylic acids is 1. The molecule has 21 heavy (non-hydrogen) atoms. The number of aliphatic imine (C=N–C) groups is 1. The molecule has 0 atom stereocenters. The van der Waals surface area contributed by atoms with Crippen molar-refractivity contribution < 1.29 is 4.79 Å². The minimum atomic E-state index is 0. The third-order valence-corrected chi connectivity index (χ3v) is 3.38. The fourth-order valence-corrected chi connectivity index (χ4v) is 2.31. The van der Waals surface area contributed by atoms with E-state index in [1.807, 2.05) is 25.2 Å². The van der Waals surface area contributed by atoms with Gasteiger partial charge in [0.1, 0.15) is 0 Å². The number of carbonyl (C=O) groups is 1. The second-order valence-electron chi connectivity index (χ2n) is 4.81. The van der Waals surface area contributed by atoms with Crippen LogP contribution in [0.4, 0.5) is 0 Å². The smallest absolute Gasteiger partial charge is 0.241 e. The van der Waals surface area contributed by atoms with Crippen molar-refractivity contribution in [2.75, 3.05) is 34.7 Å². The van der Waals surface area contributed by atoms with Crippen LogP contribution >= 0.6 is 39.9 Å². The fourth-order valence-electron chi connectivity index (χ4n) is 1.74. The first-order chi connectivity index (χ1) is 9.35. The van der Waals surface area contributed by atoms with Crippen molar-refractivity contribution >= 4 is 51.8 Å². The van der Waals surface area contributed by atoms with Crippen molar-refractivity contribution in [3.8, 4) is 0 Å². The van der Waals surface area contributed by atoms with Crippen molar-refractivity contribution in [3.63, 3.8) is 0 Å². The Morgan fingerprint density at radius 3 is 2.48 bits per heavy atom. The summed E-state index contributed by atoms with van der Waals surface area (Å²) in [7, 11) is 9.12. The topological polar surface area (TPSA) is 52.9 Å². The number of amides is 1. The third kappa shape index (κ3) is 6.25. The molecule has 1 aromatic rings. The van der Waals surface area contributed by atoms with E-state index in [9.17, 15) is 4.79 Å². The molecule has 0 radical (unpaired) electrons. The summed E-state index contributed by atoms with van der Waals surface area (Å²) in [6.07, 6.45) is 2.01. The van der Waals surface area contributed by atoms with Crippen LogP contribution in [0.3, 0.4) is 0 Å². The lowest BCUT2D eigenvalue weighted by atomic mass is 10.4. The number of rotatable bonds is 4. The van der Waals surface area contributed by atoms with E-state index in [0.717, 1.165) is 10.2 Å². The molecule has 1 amide bonds. The first-order valence-electron chi connectivity index (χ1n) is 6.27. The third-order valence-electron chi connectivity index (χ3n) is 2.94. The van der Waals surface area contributed by atoms with Gasteiger partial charge in [0.15, 0.2) is 5.96 Å². The van der Waals surface area contributed by atoms with E-state index in [2.05, 4.69) is 36.9 Å². The van der Waals surface area contributed by atoms with Gasteiger partial charge in [-0.3, -0.25) is 9.79 Å². The van der Waals surface area contributed by atoms with Gasteiger partial charge in [0, 0.05) is 51.6 Å². The Hall–Kier alpha value is -0.770. The monoisotopic (exact) mass is 471 g/mol. The quantitative estimate of drug-likeness (QED) is 0.411. The Morgan fingerprint density at radius 1 is 1.43 bits per heavy atom. The van der Waals surface area contributed by atoms with Crippen LogP contribution in [0.2, 0.25) is 0 Å². The van der Waals surface area contributed by atoms with E-state index in [1.54, 1.807) is 26.0 Å². The lowest BCUT2D eigenvalue weighted by molar-refractivity contribution is -0.127. The lowest BCUT2D eigenvalue weighted by Gasteiger charge is -2.22. The average Bonchev–Trinajstić information content (AvgIpc) is 2.68. The molecule has 0 saturated heterocycles. The highest BCUT2D eigenvalue weighted by atomic mass is 127. The summed E-state index contributed by atoms with van der Waals surface area (Å²) in [6, 6.07) is 2.06. The molecule has 6 nitrogen and oxygen atoms in total. The molecule has 0 unspecified atom stereocenters. The first kappa shape index (κ1) is 20.2. The van der Waals surface area contributed by atoms with Gasteiger partial charge in [-0.25, -0.2) is 0 Å². The number of likely N-dealkylation sites (N-methyl/N-ethyl adjacent to an activating group) is 1. The molecular formula is C13H23BrIN5O. The van der Waals surface area contributed by atoms with E-state index < -0.39 is 0 Å².